The number of carbonyl (C=O) groups excluding carboxylic acids is 1. The second-order valence-corrected chi connectivity index (χ2v) is 6.51. The third kappa shape index (κ3) is 2.84. The monoisotopic (exact) mass is 356 g/mol. The Bertz CT molecular complexity index is 985. The van der Waals surface area contributed by atoms with Crippen molar-refractivity contribution < 1.29 is 13.6 Å². The third-order valence-electron chi connectivity index (χ3n) is 4.85. The van der Waals surface area contributed by atoms with Crippen molar-refractivity contribution in [2.75, 3.05) is 13.1 Å². The van der Waals surface area contributed by atoms with Gasteiger partial charge in [0.1, 0.15) is 23.2 Å². The Hall–Kier alpha value is -2.80. The Morgan fingerprint density at radius 1 is 1.31 bits per heavy atom. The molecule has 134 valence electrons. The number of alkyl halides is 1. The summed E-state index contributed by atoms with van der Waals surface area (Å²) in [6.45, 7) is 1.13. The van der Waals surface area contributed by atoms with E-state index in [9.17, 15) is 13.6 Å². The van der Waals surface area contributed by atoms with Crippen LogP contribution >= 0.6 is 0 Å². The van der Waals surface area contributed by atoms with E-state index >= 15 is 0 Å². The van der Waals surface area contributed by atoms with Gasteiger partial charge in [0.05, 0.1) is 5.56 Å². The van der Waals surface area contributed by atoms with E-state index in [4.69, 9.17) is 5.73 Å². The smallest absolute Gasteiger partial charge is 0.250 e. The minimum absolute atomic E-state index is 0.236. The summed E-state index contributed by atoms with van der Waals surface area (Å²) < 4.78 is 30.2. The van der Waals surface area contributed by atoms with Crippen LogP contribution in [0.5, 0.6) is 0 Å². The fraction of sp³-hybridized carbons (Fsp3) is 0.263. The zero-order valence-corrected chi connectivity index (χ0v) is 14.0. The number of primary amides is 1. The van der Waals surface area contributed by atoms with Crippen LogP contribution in [0.4, 0.5) is 8.78 Å². The molecule has 2 aromatic carbocycles. The van der Waals surface area contributed by atoms with Gasteiger partial charge in [0.2, 0.25) is 0 Å². The van der Waals surface area contributed by atoms with Gasteiger partial charge in [-0.3, -0.25) is 4.79 Å². The van der Waals surface area contributed by atoms with E-state index in [1.165, 1.54) is 10.7 Å². The summed E-state index contributed by atoms with van der Waals surface area (Å²) in [5, 5.41) is 8.14. The molecule has 3 aromatic rings. The Morgan fingerprint density at radius 3 is 2.88 bits per heavy atom. The van der Waals surface area contributed by atoms with Crippen molar-refractivity contribution in [1.82, 2.24) is 15.1 Å². The van der Waals surface area contributed by atoms with Crippen molar-refractivity contribution in [3.8, 4) is 5.69 Å². The first-order chi connectivity index (χ1) is 12.5. The van der Waals surface area contributed by atoms with Crippen molar-refractivity contribution in [2.45, 2.75) is 18.5 Å². The number of hydrogen-bond acceptors (Lipinski definition) is 3. The van der Waals surface area contributed by atoms with E-state index in [-0.39, 0.29) is 17.2 Å². The second-order valence-electron chi connectivity index (χ2n) is 6.51. The Kier molecular flexibility index (Phi) is 4.16. The van der Waals surface area contributed by atoms with Crippen LogP contribution in [-0.2, 0) is 0 Å². The molecule has 0 bridgehead atoms. The van der Waals surface area contributed by atoms with Gasteiger partial charge in [0.15, 0.2) is 0 Å². The highest BCUT2D eigenvalue weighted by Crippen LogP contribution is 2.29. The van der Waals surface area contributed by atoms with Crippen LogP contribution in [0.2, 0.25) is 0 Å². The predicted octanol–water partition coefficient (Wildman–Crippen LogP) is 2.68. The molecule has 0 spiro atoms. The Labute approximate surface area is 148 Å². The molecule has 1 saturated heterocycles. The van der Waals surface area contributed by atoms with Crippen molar-refractivity contribution in [2.24, 2.45) is 5.73 Å². The van der Waals surface area contributed by atoms with E-state index in [2.05, 4.69) is 10.4 Å². The van der Waals surface area contributed by atoms with Gasteiger partial charge in [-0.2, -0.15) is 5.10 Å². The third-order valence-corrected chi connectivity index (χ3v) is 4.85. The molecule has 2 unspecified atom stereocenters. The lowest BCUT2D eigenvalue weighted by Crippen LogP contribution is -2.36. The highest BCUT2D eigenvalue weighted by molar-refractivity contribution is 6.04. The molecule has 1 amide bonds. The minimum atomic E-state index is -0.980. The average Bonchev–Trinajstić information content (AvgIpc) is 3.05. The topological polar surface area (TPSA) is 72.9 Å². The van der Waals surface area contributed by atoms with E-state index in [1.54, 1.807) is 36.5 Å². The van der Waals surface area contributed by atoms with Gasteiger partial charge in [-0.1, -0.05) is 18.2 Å². The van der Waals surface area contributed by atoms with Crippen molar-refractivity contribution >= 4 is 16.8 Å². The van der Waals surface area contributed by atoms with Crippen molar-refractivity contribution in [3.05, 3.63) is 59.5 Å². The summed E-state index contributed by atoms with van der Waals surface area (Å²) in [6.07, 6.45) is 1.08. The van der Waals surface area contributed by atoms with Gasteiger partial charge in [-0.05, 0) is 36.7 Å². The number of piperidine rings is 1. The number of carbonyl (C=O) groups is 1. The molecule has 26 heavy (non-hydrogen) atoms. The number of nitrogens with zero attached hydrogens (tertiary/aromatic N) is 2. The molecule has 0 saturated carbocycles. The molecule has 0 aliphatic carbocycles. The van der Waals surface area contributed by atoms with Crippen molar-refractivity contribution in [1.29, 1.82) is 0 Å². The number of hydrogen-bond donors (Lipinski definition) is 2. The number of amides is 1. The molecule has 0 radical (unpaired) electrons. The highest BCUT2D eigenvalue weighted by Gasteiger charge is 2.26. The first-order valence-corrected chi connectivity index (χ1v) is 8.47. The molecule has 5 nitrogen and oxygen atoms in total. The molecular weight excluding hydrogens is 338 g/mol. The maximum atomic E-state index is 14.7. The van der Waals surface area contributed by atoms with E-state index < -0.39 is 17.9 Å². The first-order valence-electron chi connectivity index (χ1n) is 8.47. The van der Waals surface area contributed by atoms with E-state index in [0.29, 0.717) is 36.0 Å². The molecule has 7 heteroatoms. The predicted molar refractivity (Wildman–Crippen MR) is 94.7 cm³/mol. The van der Waals surface area contributed by atoms with Crippen LogP contribution in [-0.4, -0.2) is 34.9 Å². The molecule has 1 aliphatic heterocycles. The van der Waals surface area contributed by atoms with E-state index in [0.717, 1.165) is 0 Å². The summed E-state index contributed by atoms with van der Waals surface area (Å²) in [7, 11) is 0. The van der Waals surface area contributed by atoms with E-state index in [1.807, 2.05) is 0 Å². The summed E-state index contributed by atoms with van der Waals surface area (Å²) in [6, 6.07) is 9.73. The summed E-state index contributed by atoms with van der Waals surface area (Å²) in [4.78, 5) is 11.5. The Balaban J connectivity index is 1.73. The van der Waals surface area contributed by atoms with Gasteiger partial charge in [0, 0.05) is 24.0 Å². The standard InChI is InChI=1S/C19H18F2N4O/c20-15-6-7-23-9-14(15)11-4-5-17(16(21)8-11)25-10-12-2-1-3-13(19(22)26)18(12)24-25/h1-5,8,10,14-15,23H,6-7,9H2,(H2,22,26). The number of nitrogens with one attached hydrogen (secondary N) is 1. The second kappa shape index (κ2) is 6.49. The molecule has 2 heterocycles. The lowest BCUT2D eigenvalue weighted by Gasteiger charge is -2.27. The highest BCUT2D eigenvalue weighted by atomic mass is 19.1. The largest absolute Gasteiger partial charge is 0.366 e. The maximum Gasteiger partial charge on any atom is 0.250 e. The fourth-order valence-electron chi connectivity index (χ4n) is 3.46. The van der Waals surface area contributed by atoms with Gasteiger partial charge in [-0.15, -0.1) is 0 Å². The van der Waals surface area contributed by atoms with Gasteiger partial charge in [-0.25, -0.2) is 13.5 Å². The van der Waals surface area contributed by atoms with Crippen LogP contribution in [0.15, 0.2) is 42.6 Å². The zero-order valence-electron chi connectivity index (χ0n) is 14.0. The number of nitrogens with two attached hydrogens (primary N) is 1. The van der Waals surface area contributed by atoms with Crippen LogP contribution in [0.3, 0.4) is 0 Å². The quantitative estimate of drug-likeness (QED) is 0.758. The van der Waals surface area contributed by atoms with Crippen LogP contribution in [0.25, 0.3) is 16.6 Å². The number of fused-ring (bicyclic) bond motifs is 1. The molecule has 3 N–H and O–H groups in total. The zero-order chi connectivity index (χ0) is 18.3. The molecule has 1 fully saturated rings. The first kappa shape index (κ1) is 16.7. The van der Waals surface area contributed by atoms with Crippen LogP contribution < -0.4 is 11.1 Å². The minimum Gasteiger partial charge on any atom is -0.366 e. The number of rotatable bonds is 3. The van der Waals surface area contributed by atoms with Gasteiger partial charge < -0.3 is 11.1 Å². The SMILES string of the molecule is NC(=O)c1cccc2cn(-c3ccc(C4CNCCC4F)cc3F)nc12. The maximum absolute atomic E-state index is 14.7. The van der Waals surface area contributed by atoms with Crippen LogP contribution in [0, 0.1) is 5.82 Å². The lowest BCUT2D eigenvalue weighted by atomic mass is 9.90. The van der Waals surface area contributed by atoms with Crippen molar-refractivity contribution in [3.63, 3.8) is 0 Å². The molecule has 1 aliphatic rings. The van der Waals surface area contributed by atoms with Gasteiger partial charge in [0.25, 0.3) is 5.91 Å². The average molecular weight is 356 g/mol. The molecule has 4 rings (SSSR count). The normalized spacial score (nSPS) is 20.4. The summed E-state index contributed by atoms with van der Waals surface area (Å²) >= 11 is 0. The fourth-order valence-corrected chi connectivity index (χ4v) is 3.46. The van der Waals surface area contributed by atoms with Gasteiger partial charge >= 0.3 is 0 Å². The summed E-state index contributed by atoms with van der Waals surface area (Å²) in [5.74, 6) is -1.44. The number of benzene rings is 2. The number of aromatic nitrogens is 2. The summed E-state index contributed by atoms with van der Waals surface area (Å²) in [5.41, 5.74) is 6.93. The number of halogens is 2. The lowest BCUT2D eigenvalue weighted by molar-refractivity contribution is 0.100. The molecule has 1 aromatic heterocycles. The Morgan fingerprint density at radius 2 is 2.15 bits per heavy atom. The molecule has 2 atom stereocenters. The van der Waals surface area contributed by atoms with Crippen LogP contribution in [0.1, 0.15) is 28.3 Å². The molecular formula is C19H18F2N4O.